The number of ether oxygens (including phenoxy) is 2. The van der Waals surface area contributed by atoms with Gasteiger partial charge in [-0.1, -0.05) is 11.8 Å². The third kappa shape index (κ3) is 3.36. The van der Waals surface area contributed by atoms with Crippen LogP contribution in [0.2, 0.25) is 0 Å². The van der Waals surface area contributed by atoms with E-state index < -0.39 is 6.61 Å². The van der Waals surface area contributed by atoms with Crippen molar-refractivity contribution in [3.05, 3.63) is 48.0 Å². The molecule has 152 valence electrons. The molecule has 1 N–H and O–H groups in total. The Morgan fingerprint density at radius 1 is 1.13 bits per heavy atom. The van der Waals surface area contributed by atoms with Gasteiger partial charge in [0.2, 0.25) is 0 Å². The van der Waals surface area contributed by atoms with Crippen molar-refractivity contribution in [2.75, 3.05) is 7.11 Å². The molecule has 30 heavy (non-hydrogen) atoms. The predicted octanol–water partition coefficient (Wildman–Crippen LogP) is 4.06. The molecule has 0 amide bonds. The molecule has 0 radical (unpaired) electrons. The fraction of sp³-hybridized carbons (Fsp3) is 0.158. The number of alkyl halides is 2. The van der Waals surface area contributed by atoms with E-state index in [-0.39, 0.29) is 5.75 Å². The first-order valence-electron chi connectivity index (χ1n) is 8.86. The second-order valence-corrected chi connectivity index (χ2v) is 7.36. The number of thioether (sulfide) groups is 1. The number of pyridine rings is 1. The van der Waals surface area contributed by atoms with Crippen molar-refractivity contribution < 1.29 is 18.3 Å². The molecule has 0 saturated heterocycles. The van der Waals surface area contributed by atoms with E-state index in [1.807, 2.05) is 24.3 Å². The summed E-state index contributed by atoms with van der Waals surface area (Å²) >= 11 is 1.46. The van der Waals surface area contributed by atoms with Gasteiger partial charge in [0.1, 0.15) is 11.5 Å². The smallest absolute Gasteiger partial charge is 0.387 e. The van der Waals surface area contributed by atoms with Gasteiger partial charge in [0.15, 0.2) is 10.8 Å². The Bertz CT molecular complexity index is 1370. The molecular formula is C19H14F2N6O2S. The van der Waals surface area contributed by atoms with Crippen LogP contribution in [-0.2, 0) is 5.75 Å². The summed E-state index contributed by atoms with van der Waals surface area (Å²) in [4.78, 5) is 7.62. The summed E-state index contributed by atoms with van der Waals surface area (Å²) < 4.78 is 36.3. The van der Waals surface area contributed by atoms with E-state index in [4.69, 9.17) is 4.74 Å². The Balaban J connectivity index is 1.46. The number of aromatic nitrogens is 6. The first-order chi connectivity index (χ1) is 14.6. The van der Waals surface area contributed by atoms with Gasteiger partial charge in [-0.25, -0.2) is 4.98 Å². The molecule has 2 aromatic carbocycles. The van der Waals surface area contributed by atoms with Crippen molar-refractivity contribution in [1.82, 2.24) is 30.0 Å². The molecule has 5 aromatic rings. The number of nitrogens with one attached hydrogen (secondary N) is 1. The maximum Gasteiger partial charge on any atom is 0.387 e. The van der Waals surface area contributed by atoms with Crippen molar-refractivity contribution in [2.45, 2.75) is 17.5 Å². The summed E-state index contributed by atoms with van der Waals surface area (Å²) in [5, 5.41) is 13.6. The minimum absolute atomic E-state index is 0.0809. The lowest BCUT2D eigenvalue weighted by Crippen LogP contribution is -2.01. The molecule has 8 nitrogen and oxygen atoms in total. The Kier molecular flexibility index (Phi) is 4.58. The van der Waals surface area contributed by atoms with Crippen LogP contribution in [0.3, 0.4) is 0 Å². The summed E-state index contributed by atoms with van der Waals surface area (Å²) in [6, 6.07) is 12.3. The summed E-state index contributed by atoms with van der Waals surface area (Å²) in [5.74, 6) is 1.38. The van der Waals surface area contributed by atoms with Crippen LogP contribution in [-0.4, -0.2) is 43.7 Å². The lowest BCUT2D eigenvalue weighted by Gasteiger charge is -2.07. The van der Waals surface area contributed by atoms with Gasteiger partial charge in [-0.2, -0.15) is 13.3 Å². The summed E-state index contributed by atoms with van der Waals surface area (Å²) in [5.41, 5.74) is 3.74. The van der Waals surface area contributed by atoms with E-state index in [1.165, 1.54) is 23.9 Å². The second-order valence-electron chi connectivity index (χ2n) is 6.40. The van der Waals surface area contributed by atoms with Crippen LogP contribution >= 0.6 is 11.8 Å². The van der Waals surface area contributed by atoms with E-state index in [1.54, 1.807) is 17.7 Å². The Labute approximate surface area is 172 Å². The minimum atomic E-state index is -2.87. The average molecular weight is 428 g/mol. The lowest BCUT2D eigenvalue weighted by molar-refractivity contribution is -0.0497. The monoisotopic (exact) mass is 428 g/mol. The number of tetrazole rings is 1. The van der Waals surface area contributed by atoms with Crippen molar-refractivity contribution >= 4 is 39.3 Å². The number of nitrogens with zero attached hydrogens (tertiary/aromatic N) is 5. The Morgan fingerprint density at radius 2 is 2.00 bits per heavy atom. The zero-order valence-corrected chi connectivity index (χ0v) is 16.4. The highest BCUT2D eigenvalue weighted by Crippen LogP contribution is 2.29. The number of imidazole rings is 1. The average Bonchev–Trinajstić information content (AvgIpc) is 3.38. The maximum absolute atomic E-state index is 12.4. The molecular weight excluding hydrogens is 414 g/mol. The van der Waals surface area contributed by atoms with Crippen LogP contribution in [0.25, 0.3) is 27.6 Å². The fourth-order valence-electron chi connectivity index (χ4n) is 3.23. The normalized spacial score (nSPS) is 11.7. The molecule has 3 aromatic heterocycles. The quantitative estimate of drug-likeness (QED) is 0.408. The molecule has 0 aliphatic carbocycles. The predicted molar refractivity (Wildman–Crippen MR) is 107 cm³/mol. The molecule has 0 saturated carbocycles. The van der Waals surface area contributed by atoms with Crippen LogP contribution in [0.15, 0.2) is 47.6 Å². The van der Waals surface area contributed by atoms with Gasteiger partial charge in [0.25, 0.3) is 0 Å². The number of hydrogen-bond donors (Lipinski definition) is 1. The number of methoxy groups -OCH3 is 1. The van der Waals surface area contributed by atoms with Gasteiger partial charge in [-0.05, 0) is 46.8 Å². The van der Waals surface area contributed by atoms with E-state index in [0.717, 1.165) is 22.2 Å². The largest absolute Gasteiger partial charge is 0.497 e. The van der Waals surface area contributed by atoms with Crippen molar-refractivity contribution in [3.63, 3.8) is 0 Å². The number of H-pyrrole nitrogens is 1. The summed E-state index contributed by atoms with van der Waals surface area (Å²) in [6.07, 6.45) is 0. The fourth-order valence-corrected chi connectivity index (χ4v) is 4.08. The zero-order valence-electron chi connectivity index (χ0n) is 15.5. The van der Waals surface area contributed by atoms with Crippen LogP contribution in [0, 0.1) is 0 Å². The topological polar surface area (TPSA) is 90.2 Å². The number of benzene rings is 2. The maximum atomic E-state index is 12.4. The van der Waals surface area contributed by atoms with Gasteiger partial charge in [0.05, 0.1) is 23.7 Å². The van der Waals surface area contributed by atoms with Gasteiger partial charge in [-0.15, -0.1) is 5.10 Å². The number of fused-ring (bicyclic) bond motifs is 4. The molecule has 5 rings (SSSR count). The highest BCUT2D eigenvalue weighted by atomic mass is 32.2. The van der Waals surface area contributed by atoms with Crippen molar-refractivity contribution in [1.29, 1.82) is 0 Å². The number of halogens is 2. The van der Waals surface area contributed by atoms with Crippen LogP contribution in [0.4, 0.5) is 8.78 Å². The van der Waals surface area contributed by atoms with E-state index >= 15 is 0 Å². The molecule has 0 aliphatic heterocycles. The van der Waals surface area contributed by atoms with E-state index in [9.17, 15) is 8.78 Å². The van der Waals surface area contributed by atoms with Crippen molar-refractivity contribution in [3.8, 4) is 11.5 Å². The zero-order chi connectivity index (χ0) is 20.7. The van der Waals surface area contributed by atoms with Crippen LogP contribution in [0.5, 0.6) is 11.5 Å². The highest BCUT2D eigenvalue weighted by molar-refractivity contribution is 7.98. The molecule has 0 fully saturated rings. The van der Waals surface area contributed by atoms with Crippen molar-refractivity contribution in [2.24, 2.45) is 0 Å². The molecule has 0 bridgehead atoms. The Hall–Kier alpha value is -3.47. The third-order valence-electron chi connectivity index (χ3n) is 4.57. The third-order valence-corrected chi connectivity index (χ3v) is 5.49. The lowest BCUT2D eigenvalue weighted by atomic mass is 10.1. The standard InChI is InChI=1S/C19H14F2N6O2S/c1-28-12-3-5-16-10(7-12)6-11(17-24-25-26-27(16)17)9-30-19-22-14-4-2-13(29-18(20)21)8-15(14)23-19/h2-8,18H,9H2,1H3,(H,22,23). The molecule has 0 aliphatic rings. The molecule has 0 unspecified atom stereocenters. The van der Waals surface area contributed by atoms with E-state index in [0.29, 0.717) is 27.6 Å². The van der Waals surface area contributed by atoms with Gasteiger partial charge in [0, 0.05) is 22.8 Å². The number of hydrogen-bond acceptors (Lipinski definition) is 7. The summed E-state index contributed by atoms with van der Waals surface area (Å²) in [6.45, 7) is -2.87. The minimum Gasteiger partial charge on any atom is -0.497 e. The van der Waals surface area contributed by atoms with Gasteiger partial charge >= 0.3 is 6.61 Å². The molecule has 3 heterocycles. The van der Waals surface area contributed by atoms with Crippen LogP contribution < -0.4 is 9.47 Å². The first kappa shape index (κ1) is 18.6. The highest BCUT2D eigenvalue weighted by Gasteiger charge is 2.13. The number of rotatable bonds is 6. The number of aromatic amines is 1. The van der Waals surface area contributed by atoms with Gasteiger partial charge in [-0.3, -0.25) is 0 Å². The second kappa shape index (κ2) is 7.41. The first-order valence-corrected chi connectivity index (χ1v) is 9.84. The van der Waals surface area contributed by atoms with Crippen LogP contribution in [0.1, 0.15) is 5.56 Å². The Morgan fingerprint density at radius 3 is 2.83 bits per heavy atom. The van der Waals surface area contributed by atoms with Gasteiger partial charge < -0.3 is 14.5 Å². The molecule has 0 atom stereocenters. The molecule has 11 heteroatoms. The summed E-state index contributed by atoms with van der Waals surface area (Å²) in [7, 11) is 1.62. The molecule has 0 spiro atoms. The SMILES string of the molecule is COc1ccc2c(c1)cc(CSc1nc3ccc(OC(F)F)cc3[nH]1)c1nnnn12. The van der Waals surface area contributed by atoms with E-state index in [2.05, 4.69) is 30.2 Å².